The highest BCUT2D eigenvalue weighted by molar-refractivity contribution is 5.94. The molecule has 104 valence electrons. The van der Waals surface area contributed by atoms with E-state index in [1.807, 2.05) is 0 Å². The summed E-state index contributed by atoms with van der Waals surface area (Å²) in [6, 6.07) is 4.64. The van der Waals surface area contributed by atoms with Crippen molar-refractivity contribution in [2.24, 2.45) is 0 Å². The van der Waals surface area contributed by atoms with Crippen LogP contribution in [0.2, 0.25) is 0 Å². The largest absolute Gasteiger partial charge is 0.378 e. The summed E-state index contributed by atoms with van der Waals surface area (Å²) in [5, 5.41) is 2.75. The fraction of sp³-hybridized carbons (Fsp3) is 0.533. The molecule has 1 aromatic rings. The molecule has 1 aromatic carbocycles. The normalized spacial score (nSPS) is 19.2. The van der Waals surface area contributed by atoms with Crippen molar-refractivity contribution in [3.8, 4) is 0 Å². The lowest BCUT2D eigenvalue weighted by Crippen LogP contribution is -2.29. The monoisotopic (exact) mass is 265 g/mol. The minimum absolute atomic E-state index is 0.107. The molecule has 1 atom stereocenters. The minimum Gasteiger partial charge on any atom is -0.378 e. The Morgan fingerprint density at radius 2 is 2.32 bits per heavy atom. The van der Waals surface area contributed by atoms with E-state index < -0.39 is 5.82 Å². The molecular weight excluding hydrogens is 245 g/mol. The molecule has 0 bridgehead atoms. The molecule has 1 aliphatic rings. The molecule has 1 heterocycles. The molecular formula is C15H20FNO2. The standard InChI is InChI=1S/C15H20FNO2/c1-11-5-6-13(14(16)10-11)15(18)17-8-7-12-4-2-3-9-19-12/h5-6,10,12H,2-4,7-9H2,1H3,(H,17,18). The zero-order valence-electron chi connectivity index (χ0n) is 11.2. The Hall–Kier alpha value is -1.42. The van der Waals surface area contributed by atoms with E-state index in [0.717, 1.165) is 31.4 Å². The fourth-order valence-corrected chi connectivity index (χ4v) is 2.28. The molecule has 0 aliphatic carbocycles. The summed E-state index contributed by atoms with van der Waals surface area (Å²) in [5.74, 6) is -0.820. The van der Waals surface area contributed by atoms with Crippen molar-refractivity contribution < 1.29 is 13.9 Å². The summed E-state index contributed by atoms with van der Waals surface area (Å²) in [6.07, 6.45) is 4.38. The maximum absolute atomic E-state index is 13.6. The molecule has 1 N–H and O–H groups in total. The van der Waals surface area contributed by atoms with Gasteiger partial charge >= 0.3 is 0 Å². The van der Waals surface area contributed by atoms with Crippen LogP contribution >= 0.6 is 0 Å². The van der Waals surface area contributed by atoms with Crippen LogP contribution in [0, 0.1) is 12.7 Å². The van der Waals surface area contributed by atoms with Gasteiger partial charge in [0.2, 0.25) is 0 Å². The first-order valence-corrected chi connectivity index (χ1v) is 6.83. The zero-order valence-corrected chi connectivity index (χ0v) is 11.2. The molecule has 0 aromatic heterocycles. The molecule has 4 heteroatoms. The molecule has 0 saturated carbocycles. The summed E-state index contributed by atoms with van der Waals surface area (Å²) in [4.78, 5) is 11.8. The molecule has 1 amide bonds. The highest BCUT2D eigenvalue weighted by Crippen LogP contribution is 2.15. The van der Waals surface area contributed by atoms with Gasteiger partial charge < -0.3 is 10.1 Å². The van der Waals surface area contributed by atoms with Crippen LogP contribution < -0.4 is 5.32 Å². The highest BCUT2D eigenvalue weighted by atomic mass is 19.1. The Kier molecular flexibility index (Phi) is 4.91. The number of amides is 1. The smallest absolute Gasteiger partial charge is 0.254 e. The van der Waals surface area contributed by atoms with Crippen molar-refractivity contribution in [2.45, 2.75) is 38.7 Å². The number of halogens is 1. The van der Waals surface area contributed by atoms with Crippen LogP contribution in [0.5, 0.6) is 0 Å². The van der Waals surface area contributed by atoms with Crippen molar-refractivity contribution in [3.63, 3.8) is 0 Å². The van der Waals surface area contributed by atoms with Gasteiger partial charge in [-0.15, -0.1) is 0 Å². The van der Waals surface area contributed by atoms with Crippen molar-refractivity contribution in [1.82, 2.24) is 5.32 Å². The Bertz CT molecular complexity index is 442. The van der Waals surface area contributed by atoms with Crippen LogP contribution in [-0.2, 0) is 4.74 Å². The molecule has 1 unspecified atom stereocenters. The summed E-state index contributed by atoms with van der Waals surface area (Å²) >= 11 is 0. The van der Waals surface area contributed by atoms with Gasteiger partial charge in [0.15, 0.2) is 0 Å². The van der Waals surface area contributed by atoms with Crippen LogP contribution in [-0.4, -0.2) is 25.2 Å². The van der Waals surface area contributed by atoms with Gasteiger partial charge in [0.1, 0.15) is 5.82 Å². The van der Waals surface area contributed by atoms with E-state index in [0.29, 0.717) is 6.54 Å². The number of hydrogen-bond acceptors (Lipinski definition) is 2. The number of aryl methyl sites for hydroxylation is 1. The third kappa shape index (κ3) is 4.03. The van der Waals surface area contributed by atoms with Crippen LogP contribution in [0.3, 0.4) is 0 Å². The van der Waals surface area contributed by atoms with Gasteiger partial charge in [0.05, 0.1) is 11.7 Å². The molecule has 19 heavy (non-hydrogen) atoms. The first-order chi connectivity index (χ1) is 9.16. The van der Waals surface area contributed by atoms with E-state index in [9.17, 15) is 9.18 Å². The van der Waals surface area contributed by atoms with E-state index in [4.69, 9.17) is 4.74 Å². The Labute approximate surface area is 113 Å². The maximum atomic E-state index is 13.6. The number of benzene rings is 1. The van der Waals surface area contributed by atoms with Gasteiger partial charge in [-0.05, 0) is 50.3 Å². The Balaban J connectivity index is 1.80. The average Bonchev–Trinajstić information content (AvgIpc) is 2.39. The second-order valence-corrected chi connectivity index (χ2v) is 5.02. The van der Waals surface area contributed by atoms with Crippen LogP contribution in [0.1, 0.15) is 41.6 Å². The molecule has 0 spiro atoms. The predicted molar refractivity (Wildman–Crippen MR) is 71.7 cm³/mol. The molecule has 1 saturated heterocycles. The zero-order chi connectivity index (χ0) is 13.7. The van der Waals surface area contributed by atoms with Crippen molar-refractivity contribution in [2.75, 3.05) is 13.2 Å². The van der Waals surface area contributed by atoms with Crippen molar-refractivity contribution in [3.05, 3.63) is 35.1 Å². The Morgan fingerprint density at radius 1 is 1.47 bits per heavy atom. The van der Waals surface area contributed by atoms with Crippen LogP contribution in [0.15, 0.2) is 18.2 Å². The highest BCUT2D eigenvalue weighted by Gasteiger charge is 2.15. The second-order valence-electron chi connectivity index (χ2n) is 5.02. The number of nitrogens with one attached hydrogen (secondary N) is 1. The van der Waals surface area contributed by atoms with Gasteiger partial charge in [0.25, 0.3) is 5.91 Å². The summed E-state index contributed by atoms with van der Waals surface area (Å²) in [5.41, 5.74) is 0.916. The number of ether oxygens (including phenoxy) is 1. The average molecular weight is 265 g/mol. The summed E-state index contributed by atoms with van der Waals surface area (Å²) < 4.78 is 19.2. The van der Waals surface area contributed by atoms with Crippen molar-refractivity contribution >= 4 is 5.91 Å². The molecule has 1 aliphatic heterocycles. The van der Waals surface area contributed by atoms with Gasteiger partial charge in [-0.3, -0.25) is 4.79 Å². The number of hydrogen-bond donors (Lipinski definition) is 1. The van der Waals surface area contributed by atoms with E-state index in [1.165, 1.54) is 18.6 Å². The predicted octanol–water partition coefficient (Wildman–Crippen LogP) is 2.82. The van der Waals surface area contributed by atoms with E-state index >= 15 is 0 Å². The lowest BCUT2D eigenvalue weighted by molar-refractivity contribution is 0.0117. The minimum atomic E-state index is -0.466. The van der Waals surface area contributed by atoms with Crippen LogP contribution in [0.4, 0.5) is 4.39 Å². The fourth-order valence-electron chi connectivity index (χ4n) is 2.28. The molecule has 0 radical (unpaired) electrons. The number of rotatable bonds is 4. The lowest BCUT2D eigenvalue weighted by atomic mass is 10.1. The first kappa shape index (κ1) is 14.0. The van der Waals surface area contributed by atoms with Gasteiger partial charge in [-0.1, -0.05) is 6.07 Å². The quantitative estimate of drug-likeness (QED) is 0.909. The van der Waals surface area contributed by atoms with Gasteiger partial charge in [-0.25, -0.2) is 4.39 Å². The lowest BCUT2D eigenvalue weighted by Gasteiger charge is -2.22. The number of carbonyl (C=O) groups is 1. The third-order valence-electron chi connectivity index (χ3n) is 3.40. The van der Waals surface area contributed by atoms with E-state index in [1.54, 1.807) is 13.0 Å². The second kappa shape index (κ2) is 6.66. The molecule has 2 rings (SSSR count). The SMILES string of the molecule is Cc1ccc(C(=O)NCCC2CCCCO2)c(F)c1. The maximum Gasteiger partial charge on any atom is 0.254 e. The van der Waals surface area contributed by atoms with Crippen molar-refractivity contribution in [1.29, 1.82) is 0 Å². The number of carbonyl (C=O) groups excluding carboxylic acids is 1. The summed E-state index contributed by atoms with van der Waals surface area (Å²) in [7, 11) is 0. The molecule has 3 nitrogen and oxygen atoms in total. The first-order valence-electron chi connectivity index (χ1n) is 6.83. The molecule has 1 fully saturated rings. The van der Waals surface area contributed by atoms with Gasteiger partial charge in [-0.2, -0.15) is 0 Å². The van der Waals surface area contributed by atoms with E-state index in [-0.39, 0.29) is 17.6 Å². The third-order valence-corrected chi connectivity index (χ3v) is 3.40. The van der Waals surface area contributed by atoms with E-state index in [2.05, 4.69) is 5.32 Å². The summed E-state index contributed by atoms with van der Waals surface area (Å²) in [6.45, 7) is 3.13. The topological polar surface area (TPSA) is 38.3 Å². The van der Waals surface area contributed by atoms with Gasteiger partial charge in [0, 0.05) is 13.2 Å². The Morgan fingerprint density at radius 3 is 3.00 bits per heavy atom. The van der Waals surface area contributed by atoms with Crippen LogP contribution in [0.25, 0.3) is 0 Å².